The zero-order chi connectivity index (χ0) is 13.1. The number of rotatable bonds is 4. The van der Waals surface area contributed by atoms with Gasteiger partial charge in [-0.1, -0.05) is 22.0 Å². The van der Waals surface area contributed by atoms with Crippen molar-refractivity contribution in [1.82, 2.24) is 10.3 Å². The van der Waals surface area contributed by atoms with Gasteiger partial charge in [-0.2, -0.15) is 0 Å². The van der Waals surface area contributed by atoms with Gasteiger partial charge < -0.3 is 10.1 Å². The van der Waals surface area contributed by atoms with E-state index in [0.29, 0.717) is 0 Å². The van der Waals surface area contributed by atoms with Crippen molar-refractivity contribution in [3.05, 3.63) is 34.9 Å². The van der Waals surface area contributed by atoms with Crippen molar-refractivity contribution in [3.8, 4) is 5.88 Å². The molecule has 1 aliphatic rings. The summed E-state index contributed by atoms with van der Waals surface area (Å²) in [6, 6.07) is 8.12. The molecule has 2 aromatic rings. The van der Waals surface area contributed by atoms with Crippen LogP contribution in [-0.4, -0.2) is 24.7 Å². The minimum atomic E-state index is 0.741. The average molecular weight is 321 g/mol. The molecule has 1 N–H and O–H groups in total. The Labute approximate surface area is 121 Å². The average Bonchev–Trinajstić information content (AvgIpc) is 2.93. The van der Waals surface area contributed by atoms with Crippen molar-refractivity contribution < 1.29 is 4.74 Å². The van der Waals surface area contributed by atoms with Crippen LogP contribution in [-0.2, 0) is 0 Å². The molecule has 3 rings (SSSR count). The fraction of sp³-hybridized carbons (Fsp3) is 0.400. The largest absolute Gasteiger partial charge is 0.477 e. The third-order valence-corrected chi connectivity index (χ3v) is 4.34. The van der Waals surface area contributed by atoms with Crippen LogP contribution in [0.25, 0.3) is 10.8 Å². The third kappa shape index (κ3) is 2.90. The van der Waals surface area contributed by atoms with E-state index in [1.807, 2.05) is 18.2 Å². The topological polar surface area (TPSA) is 34.1 Å². The molecule has 4 heteroatoms. The third-order valence-electron chi connectivity index (χ3n) is 3.64. The summed E-state index contributed by atoms with van der Waals surface area (Å²) in [7, 11) is 0. The predicted molar refractivity (Wildman–Crippen MR) is 80.5 cm³/mol. The van der Waals surface area contributed by atoms with Gasteiger partial charge in [0.1, 0.15) is 0 Å². The van der Waals surface area contributed by atoms with Crippen LogP contribution in [0, 0.1) is 5.92 Å². The van der Waals surface area contributed by atoms with Crippen molar-refractivity contribution in [1.29, 1.82) is 0 Å². The molecule has 0 radical (unpaired) electrons. The Morgan fingerprint density at radius 1 is 1.32 bits per heavy atom. The molecule has 0 spiro atoms. The number of pyridine rings is 1. The van der Waals surface area contributed by atoms with E-state index in [9.17, 15) is 0 Å². The highest BCUT2D eigenvalue weighted by atomic mass is 79.9. The Hall–Kier alpha value is -1.13. The van der Waals surface area contributed by atoms with Gasteiger partial charge in [-0.05, 0) is 50.0 Å². The van der Waals surface area contributed by atoms with E-state index in [1.54, 1.807) is 6.20 Å². The van der Waals surface area contributed by atoms with Gasteiger partial charge >= 0.3 is 0 Å². The molecule has 2 heterocycles. The summed E-state index contributed by atoms with van der Waals surface area (Å²) in [5, 5.41) is 5.60. The molecule has 1 unspecified atom stereocenters. The lowest BCUT2D eigenvalue weighted by Crippen LogP contribution is -2.12. The molecule has 1 atom stereocenters. The van der Waals surface area contributed by atoms with Crippen molar-refractivity contribution in [3.63, 3.8) is 0 Å². The maximum Gasteiger partial charge on any atom is 0.221 e. The van der Waals surface area contributed by atoms with E-state index in [4.69, 9.17) is 4.74 Å². The van der Waals surface area contributed by atoms with Crippen LogP contribution in [0.3, 0.4) is 0 Å². The molecule has 1 fully saturated rings. The van der Waals surface area contributed by atoms with Crippen molar-refractivity contribution in [2.45, 2.75) is 12.8 Å². The summed E-state index contributed by atoms with van der Waals surface area (Å²) >= 11 is 3.56. The zero-order valence-corrected chi connectivity index (χ0v) is 12.3. The van der Waals surface area contributed by atoms with Crippen LogP contribution in [0.4, 0.5) is 0 Å². The minimum Gasteiger partial charge on any atom is -0.477 e. The first kappa shape index (κ1) is 12.9. The first-order valence-electron chi connectivity index (χ1n) is 6.71. The molecule has 1 aliphatic heterocycles. The summed E-state index contributed by atoms with van der Waals surface area (Å²) in [6.45, 7) is 3.01. The van der Waals surface area contributed by atoms with E-state index in [2.05, 4.69) is 32.3 Å². The maximum atomic E-state index is 5.88. The van der Waals surface area contributed by atoms with Crippen LogP contribution < -0.4 is 10.1 Å². The number of halogens is 1. The highest BCUT2D eigenvalue weighted by Gasteiger charge is 2.14. The summed E-state index contributed by atoms with van der Waals surface area (Å²) in [4.78, 5) is 4.35. The second kappa shape index (κ2) is 5.88. The minimum absolute atomic E-state index is 0.741. The molecule has 100 valence electrons. The first-order chi connectivity index (χ1) is 9.34. The van der Waals surface area contributed by atoms with Crippen LogP contribution in [0.1, 0.15) is 12.8 Å². The van der Waals surface area contributed by atoms with Gasteiger partial charge in [-0.15, -0.1) is 0 Å². The normalized spacial score (nSPS) is 18.9. The van der Waals surface area contributed by atoms with Gasteiger partial charge in [-0.25, -0.2) is 4.98 Å². The van der Waals surface area contributed by atoms with Crippen LogP contribution in [0.5, 0.6) is 5.88 Å². The fourth-order valence-electron chi connectivity index (χ4n) is 2.54. The Morgan fingerprint density at radius 3 is 3.11 bits per heavy atom. The summed E-state index contributed by atoms with van der Waals surface area (Å²) in [6.07, 6.45) is 4.16. The predicted octanol–water partition coefficient (Wildman–Crippen LogP) is 3.38. The number of benzene rings is 1. The Morgan fingerprint density at radius 2 is 2.26 bits per heavy atom. The number of nitrogens with one attached hydrogen (secondary N) is 1. The standard InChI is InChI=1S/C15H17BrN2O/c16-14-3-1-2-13-12(14)5-8-18-15(13)19-9-6-11-4-7-17-10-11/h1-3,5,8,11,17H,4,6-7,9-10H2. The molecule has 0 amide bonds. The van der Waals surface area contributed by atoms with Gasteiger partial charge in [0, 0.05) is 21.4 Å². The summed E-state index contributed by atoms with van der Waals surface area (Å²) in [5.74, 6) is 1.49. The quantitative estimate of drug-likeness (QED) is 0.937. The number of aromatic nitrogens is 1. The molecule has 19 heavy (non-hydrogen) atoms. The second-order valence-corrected chi connectivity index (χ2v) is 5.80. The Kier molecular flexibility index (Phi) is 3.99. The SMILES string of the molecule is Brc1cccc2c(OCCC3CCNC3)nccc12. The van der Waals surface area contributed by atoms with Gasteiger partial charge in [-0.3, -0.25) is 0 Å². The lowest BCUT2D eigenvalue weighted by atomic mass is 10.1. The van der Waals surface area contributed by atoms with Crippen molar-refractivity contribution in [2.75, 3.05) is 19.7 Å². The molecule has 0 bridgehead atoms. The van der Waals surface area contributed by atoms with Gasteiger partial charge in [0.25, 0.3) is 0 Å². The number of ether oxygens (including phenoxy) is 1. The lowest BCUT2D eigenvalue weighted by molar-refractivity contribution is 0.277. The molecular weight excluding hydrogens is 304 g/mol. The smallest absolute Gasteiger partial charge is 0.221 e. The molecule has 1 aromatic heterocycles. The van der Waals surface area contributed by atoms with E-state index in [0.717, 1.165) is 53.2 Å². The van der Waals surface area contributed by atoms with E-state index in [-0.39, 0.29) is 0 Å². The molecule has 0 aliphatic carbocycles. The van der Waals surface area contributed by atoms with Crippen LogP contribution >= 0.6 is 15.9 Å². The molecule has 0 saturated carbocycles. The molecule has 1 saturated heterocycles. The van der Waals surface area contributed by atoms with Crippen molar-refractivity contribution in [2.24, 2.45) is 5.92 Å². The van der Waals surface area contributed by atoms with Gasteiger partial charge in [0.2, 0.25) is 5.88 Å². The van der Waals surface area contributed by atoms with E-state index in [1.165, 1.54) is 6.42 Å². The number of hydrogen-bond donors (Lipinski definition) is 1. The van der Waals surface area contributed by atoms with Gasteiger partial charge in [0.05, 0.1) is 6.61 Å². The van der Waals surface area contributed by atoms with E-state index >= 15 is 0 Å². The molecule has 3 nitrogen and oxygen atoms in total. The van der Waals surface area contributed by atoms with Crippen LogP contribution in [0.15, 0.2) is 34.9 Å². The van der Waals surface area contributed by atoms with Crippen LogP contribution in [0.2, 0.25) is 0 Å². The summed E-state index contributed by atoms with van der Waals surface area (Å²) < 4.78 is 6.96. The monoisotopic (exact) mass is 320 g/mol. The molecular formula is C15H17BrN2O. The Balaban J connectivity index is 1.72. The lowest BCUT2D eigenvalue weighted by Gasteiger charge is -2.11. The highest BCUT2D eigenvalue weighted by Crippen LogP contribution is 2.29. The maximum absolute atomic E-state index is 5.88. The first-order valence-corrected chi connectivity index (χ1v) is 7.50. The highest BCUT2D eigenvalue weighted by molar-refractivity contribution is 9.10. The fourth-order valence-corrected chi connectivity index (χ4v) is 3.04. The summed E-state index contributed by atoms with van der Waals surface area (Å²) in [5.41, 5.74) is 0. The number of fused-ring (bicyclic) bond motifs is 1. The number of hydrogen-bond acceptors (Lipinski definition) is 3. The number of nitrogens with zero attached hydrogens (tertiary/aromatic N) is 1. The van der Waals surface area contributed by atoms with Gasteiger partial charge in [0.15, 0.2) is 0 Å². The Bertz CT molecular complexity index is 567. The zero-order valence-electron chi connectivity index (χ0n) is 10.7. The van der Waals surface area contributed by atoms with E-state index < -0.39 is 0 Å². The van der Waals surface area contributed by atoms with Crippen molar-refractivity contribution >= 4 is 26.7 Å². The molecule has 1 aromatic carbocycles. The second-order valence-electron chi connectivity index (χ2n) is 4.95.